The molecule has 0 bridgehead atoms. The lowest BCUT2D eigenvalue weighted by atomic mass is 9.55. The maximum absolute atomic E-state index is 13.8. The van der Waals surface area contributed by atoms with Crippen molar-refractivity contribution < 1.29 is 14.3 Å². The first kappa shape index (κ1) is 34.4. The number of benzene rings is 2. The number of ketones is 1. The van der Waals surface area contributed by atoms with Crippen molar-refractivity contribution in [1.29, 1.82) is 0 Å². The lowest BCUT2D eigenvalue weighted by Crippen LogP contribution is -2.42. The highest BCUT2D eigenvalue weighted by molar-refractivity contribution is 5.89. The summed E-state index contributed by atoms with van der Waals surface area (Å²) >= 11 is 0. The fraction of sp³-hybridized carbons (Fsp3) is 0.558. The summed E-state index contributed by atoms with van der Waals surface area (Å²) in [6.07, 6.45) is 19.4. The Morgan fingerprint density at radius 3 is 2.48 bits per heavy atom. The number of carbonyl (C=O) groups excluding carboxylic acids is 2. The maximum Gasteiger partial charge on any atom is 0.220 e. The Kier molecular flexibility index (Phi) is 12.0. The van der Waals surface area contributed by atoms with Crippen molar-refractivity contribution in [2.45, 2.75) is 122 Å². The number of carbonyl (C=O) groups is 2. The number of pyridine rings is 1. The van der Waals surface area contributed by atoms with Gasteiger partial charge in [0.15, 0.2) is 0 Å². The molecule has 0 radical (unpaired) electrons. The number of fused-ring (bicyclic) bond motifs is 5. The molecule has 1 amide bonds. The number of aryl methyl sites for hydroxylation is 1. The molecule has 3 aromatic rings. The van der Waals surface area contributed by atoms with Crippen molar-refractivity contribution in [1.82, 2.24) is 10.3 Å². The summed E-state index contributed by atoms with van der Waals surface area (Å²) in [4.78, 5) is 30.2. The zero-order chi connectivity index (χ0) is 33.2. The summed E-state index contributed by atoms with van der Waals surface area (Å²) in [5, 5.41) is 3.02. The van der Waals surface area contributed by atoms with E-state index in [9.17, 15) is 9.59 Å². The first-order valence-electron chi connectivity index (χ1n) is 19.0. The van der Waals surface area contributed by atoms with E-state index in [0.29, 0.717) is 43.1 Å². The number of ether oxygens (including phenoxy) is 1. The predicted molar refractivity (Wildman–Crippen MR) is 193 cm³/mol. The second kappa shape index (κ2) is 16.8. The number of hydrogen-bond donors (Lipinski definition) is 1. The van der Waals surface area contributed by atoms with Crippen LogP contribution in [0.15, 0.2) is 72.9 Å². The zero-order valence-corrected chi connectivity index (χ0v) is 29.1. The van der Waals surface area contributed by atoms with Gasteiger partial charge in [-0.3, -0.25) is 14.6 Å². The maximum atomic E-state index is 13.8. The molecule has 1 heterocycles. The van der Waals surface area contributed by atoms with Gasteiger partial charge in [0.25, 0.3) is 0 Å². The number of Topliss-reactive ketones (excluding diaryl/α,β-unsaturated/α-hetero) is 1. The highest BCUT2D eigenvalue weighted by Gasteiger charge is 2.57. The minimum atomic E-state index is -0.113. The number of hydrogen-bond acceptors (Lipinski definition) is 4. The van der Waals surface area contributed by atoms with E-state index < -0.39 is 0 Å². The Bertz CT molecular complexity index is 1470. The van der Waals surface area contributed by atoms with E-state index in [4.69, 9.17) is 4.74 Å². The van der Waals surface area contributed by atoms with Crippen molar-refractivity contribution in [3.05, 3.63) is 95.3 Å². The summed E-state index contributed by atoms with van der Waals surface area (Å²) in [5.74, 6) is 3.75. The first-order valence-corrected chi connectivity index (χ1v) is 19.0. The lowest BCUT2D eigenvalue weighted by molar-refractivity contribution is -0.132. The molecule has 1 aromatic heterocycles. The Labute approximate surface area is 288 Å². The summed E-state index contributed by atoms with van der Waals surface area (Å²) in [7, 11) is 0. The number of rotatable bonds is 17. The van der Waals surface area contributed by atoms with E-state index >= 15 is 0 Å². The second-order valence-electron chi connectivity index (χ2n) is 15.1. The normalized spacial score (nSPS) is 24.4. The molecule has 256 valence electrons. The molecule has 0 aliphatic heterocycles. The molecule has 5 nitrogen and oxygen atoms in total. The lowest BCUT2D eigenvalue weighted by Gasteiger charge is -2.48. The number of amides is 1. The van der Waals surface area contributed by atoms with Gasteiger partial charge in [-0.05, 0) is 104 Å². The molecule has 2 aromatic carbocycles. The van der Waals surface area contributed by atoms with E-state index in [0.717, 1.165) is 62.8 Å². The van der Waals surface area contributed by atoms with Crippen molar-refractivity contribution in [3.8, 4) is 5.75 Å². The van der Waals surface area contributed by atoms with Crippen molar-refractivity contribution in [2.24, 2.45) is 23.2 Å². The van der Waals surface area contributed by atoms with Gasteiger partial charge in [0, 0.05) is 42.6 Å². The van der Waals surface area contributed by atoms with E-state index in [-0.39, 0.29) is 17.2 Å². The summed E-state index contributed by atoms with van der Waals surface area (Å²) in [6.45, 7) is 3.58. The summed E-state index contributed by atoms with van der Waals surface area (Å²) in [6, 6.07) is 23.1. The number of aromatic nitrogens is 1. The quantitative estimate of drug-likeness (QED) is 0.148. The van der Waals surface area contributed by atoms with E-state index in [1.807, 2.05) is 24.3 Å². The zero-order valence-electron chi connectivity index (χ0n) is 29.1. The monoisotopic (exact) mass is 648 g/mol. The highest BCUT2D eigenvalue weighted by Crippen LogP contribution is 2.61. The van der Waals surface area contributed by atoms with Crippen LogP contribution in [0.5, 0.6) is 5.75 Å². The largest absolute Gasteiger partial charge is 0.489 e. The smallest absolute Gasteiger partial charge is 0.220 e. The fourth-order valence-corrected chi connectivity index (χ4v) is 9.28. The van der Waals surface area contributed by atoms with Crippen LogP contribution in [0.3, 0.4) is 0 Å². The molecular formula is C43H56N2O3. The van der Waals surface area contributed by atoms with Gasteiger partial charge in [-0.15, -0.1) is 0 Å². The second-order valence-corrected chi connectivity index (χ2v) is 15.1. The Morgan fingerprint density at radius 1 is 0.917 bits per heavy atom. The Hall–Kier alpha value is -3.47. The van der Waals surface area contributed by atoms with Gasteiger partial charge in [-0.2, -0.15) is 0 Å². The van der Waals surface area contributed by atoms with Crippen molar-refractivity contribution in [2.75, 3.05) is 6.54 Å². The molecule has 0 unspecified atom stereocenters. The average molecular weight is 649 g/mol. The van der Waals surface area contributed by atoms with Gasteiger partial charge in [-0.1, -0.05) is 94.3 Å². The number of nitrogens with zero attached hydrogens (tertiary/aromatic N) is 1. The molecule has 2 saturated carbocycles. The first-order chi connectivity index (χ1) is 23.5. The molecule has 0 saturated heterocycles. The van der Waals surface area contributed by atoms with Crippen LogP contribution < -0.4 is 10.1 Å². The van der Waals surface area contributed by atoms with Crippen LogP contribution in [0.2, 0.25) is 0 Å². The number of unbranched alkanes of at least 4 members (excludes halogenated alkanes) is 7. The summed E-state index contributed by atoms with van der Waals surface area (Å²) in [5.41, 5.74) is 5.09. The molecule has 6 rings (SSSR count). The standard InChI is InChI=1S/C43H56N2O3/c1-43-26-24-38-37-23-21-36(48-31-32-15-9-8-10-16-32)29-33(37)20-22-39(38)40(43)30-34(42(43)47)17-11-6-4-2-3-5-7-12-19-41(46)45-28-25-35-18-13-14-27-44-35/h8-10,13-16,18,21,23,27,29,34,38-40H,2-7,11-12,17,19-20,22,24-26,28,30-31H2,1H3,(H,45,46)/t34-,38-,39-,40+,43+/m1/s1. The SMILES string of the molecule is C[C@]12CC[C@@H]3c4ccc(OCc5ccccc5)cc4CC[C@H]3[C@@H]1C[C@@H](CCCCCCCCCCC(=O)NCCc1ccccn1)C2=O. The average Bonchev–Trinajstić information content (AvgIpc) is 3.38. The molecule has 48 heavy (non-hydrogen) atoms. The van der Waals surface area contributed by atoms with Crippen LogP contribution in [0.1, 0.15) is 125 Å². The van der Waals surface area contributed by atoms with Gasteiger partial charge in [0.05, 0.1) is 0 Å². The molecule has 1 N–H and O–H groups in total. The van der Waals surface area contributed by atoms with Crippen molar-refractivity contribution >= 4 is 11.7 Å². The Balaban J connectivity index is 0.858. The van der Waals surface area contributed by atoms with Crippen LogP contribution in [0.25, 0.3) is 0 Å². The molecule has 3 aliphatic carbocycles. The van der Waals surface area contributed by atoms with Crippen molar-refractivity contribution in [3.63, 3.8) is 0 Å². The van der Waals surface area contributed by atoms with Gasteiger partial charge in [-0.25, -0.2) is 0 Å². The van der Waals surface area contributed by atoms with E-state index in [2.05, 4.69) is 59.7 Å². The molecule has 0 spiro atoms. The minimum absolute atomic E-state index is 0.113. The fourth-order valence-electron chi connectivity index (χ4n) is 9.28. The van der Waals surface area contributed by atoms with Gasteiger partial charge in [0.1, 0.15) is 18.1 Å². The molecule has 3 aliphatic rings. The van der Waals surface area contributed by atoms with Crippen LogP contribution in [-0.4, -0.2) is 23.2 Å². The van der Waals surface area contributed by atoms with Gasteiger partial charge < -0.3 is 10.1 Å². The van der Waals surface area contributed by atoms with Gasteiger partial charge >= 0.3 is 0 Å². The van der Waals surface area contributed by atoms with Gasteiger partial charge in [0.2, 0.25) is 5.91 Å². The van der Waals surface area contributed by atoms with Crippen LogP contribution in [0.4, 0.5) is 0 Å². The highest BCUT2D eigenvalue weighted by atomic mass is 16.5. The third-order valence-corrected chi connectivity index (χ3v) is 11.9. The van der Waals surface area contributed by atoms with E-state index in [1.54, 1.807) is 6.20 Å². The number of nitrogens with one attached hydrogen (secondary N) is 1. The molecule has 2 fully saturated rings. The van der Waals surface area contributed by atoms with E-state index in [1.165, 1.54) is 61.6 Å². The van der Waals surface area contributed by atoms with Crippen LogP contribution in [-0.2, 0) is 29.0 Å². The Morgan fingerprint density at radius 2 is 1.69 bits per heavy atom. The molecule has 5 heteroatoms. The topological polar surface area (TPSA) is 68.3 Å². The molecular weight excluding hydrogens is 592 g/mol. The third kappa shape index (κ3) is 8.57. The predicted octanol–water partition coefficient (Wildman–Crippen LogP) is 9.57. The molecule has 5 atom stereocenters. The van der Waals surface area contributed by atoms with Crippen LogP contribution >= 0.6 is 0 Å². The minimum Gasteiger partial charge on any atom is -0.489 e. The third-order valence-electron chi connectivity index (χ3n) is 11.9. The van der Waals surface area contributed by atoms with Crippen LogP contribution in [0, 0.1) is 23.2 Å². The summed E-state index contributed by atoms with van der Waals surface area (Å²) < 4.78 is 6.16.